The van der Waals surface area contributed by atoms with E-state index in [1.54, 1.807) is 6.20 Å². The van der Waals surface area contributed by atoms with E-state index >= 15 is 0 Å². The molecule has 64 valence electrons. The number of pyridine rings is 1. The minimum absolute atomic E-state index is 0.512. The highest BCUT2D eigenvalue weighted by Crippen LogP contribution is 2.07. The summed E-state index contributed by atoms with van der Waals surface area (Å²) in [5.74, 6) is 0. The minimum Gasteiger partial charge on any atom is -0.290 e. The first-order valence-electron chi connectivity index (χ1n) is 3.87. The predicted molar refractivity (Wildman–Crippen MR) is 52.0 cm³/mol. The van der Waals surface area contributed by atoms with Gasteiger partial charge in [-0.2, -0.15) is 0 Å². The standard InChI is InChI=1S/C9H11ClN2/c1-3-11-7(2)8-4-5-12-9(10)6-8/h4-6H,3H2,1-2H3. The van der Waals surface area contributed by atoms with Crippen molar-refractivity contribution in [1.82, 2.24) is 4.98 Å². The van der Waals surface area contributed by atoms with Crippen molar-refractivity contribution in [1.29, 1.82) is 0 Å². The van der Waals surface area contributed by atoms with Gasteiger partial charge in [0.25, 0.3) is 0 Å². The van der Waals surface area contributed by atoms with Crippen LogP contribution in [0, 0.1) is 0 Å². The second-order valence-electron chi connectivity index (χ2n) is 2.43. The van der Waals surface area contributed by atoms with Gasteiger partial charge in [0.15, 0.2) is 0 Å². The fourth-order valence-electron chi connectivity index (χ4n) is 0.956. The van der Waals surface area contributed by atoms with E-state index in [0.717, 1.165) is 17.8 Å². The van der Waals surface area contributed by atoms with Crippen LogP contribution in [-0.4, -0.2) is 17.2 Å². The van der Waals surface area contributed by atoms with Gasteiger partial charge in [0.2, 0.25) is 0 Å². The summed E-state index contributed by atoms with van der Waals surface area (Å²) in [6.07, 6.45) is 1.69. The van der Waals surface area contributed by atoms with Gasteiger partial charge in [-0.3, -0.25) is 4.99 Å². The van der Waals surface area contributed by atoms with Crippen molar-refractivity contribution in [2.24, 2.45) is 4.99 Å². The van der Waals surface area contributed by atoms with Gasteiger partial charge in [-0.15, -0.1) is 0 Å². The molecule has 1 heterocycles. The van der Waals surface area contributed by atoms with Crippen molar-refractivity contribution >= 4 is 17.3 Å². The number of aromatic nitrogens is 1. The molecule has 0 fully saturated rings. The molecular weight excluding hydrogens is 172 g/mol. The van der Waals surface area contributed by atoms with Gasteiger partial charge in [-0.25, -0.2) is 4.98 Å². The van der Waals surface area contributed by atoms with Gasteiger partial charge in [0.05, 0.1) is 0 Å². The van der Waals surface area contributed by atoms with Gasteiger partial charge in [0.1, 0.15) is 5.15 Å². The van der Waals surface area contributed by atoms with E-state index in [2.05, 4.69) is 9.98 Å². The second kappa shape index (κ2) is 4.21. The smallest absolute Gasteiger partial charge is 0.129 e. The minimum atomic E-state index is 0.512. The number of rotatable bonds is 2. The molecule has 1 rings (SSSR count). The van der Waals surface area contributed by atoms with Crippen molar-refractivity contribution in [3.05, 3.63) is 29.0 Å². The molecule has 0 bridgehead atoms. The summed E-state index contributed by atoms with van der Waals surface area (Å²) in [5, 5.41) is 0.512. The Morgan fingerprint density at radius 1 is 1.67 bits per heavy atom. The van der Waals surface area contributed by atoms with Gasteiger partial charge < -0.3 is 0 Å². The molecule has 3 heteroatoms. The summed E-state index contributed by atoms with van der Waals surface area (Å²) in [5.41, 5.74) is 2.04. The third kappa shape index (κ3) is 2.31. The zero-order valence-electron chi connectivity index (χ0n) is 7.21. The predicted octanol–water partition coefficient (Wildman–Crippen LogP) is 2.56. The molecule has 0 saturated heterocycles. The molecule has 0 aliphatic rings. The van der Waals surface area contributed by atoms with E-state index in [1.807, 2.05) is 26.0 Å². The summed E-state index contributed by atoms with van der Waals surface area (Å²) >= 11 is 5.72. The van der Waals surface area contributed by atoms with E-state index in [1.165, 1.54) is 0 Å². The molecule has 0 unspecified atom stereocenters. The van der Waals surface area contributed by atoms with E-state index in [9.17, 15) is 0 Å². The number of hydrogen-bond donors (Lipinski definition) is 0. The Morgan fingerprint density at radius 3 is 3.00 bits per heavy atom. The maximum absolute atomic E-state index is 5.72. The van der Waals surface area contributed by atoms with Crippen molar-refractivity contribution in [3.63, 3.8) is 0 Å². The summed E-state index contributed by atoms with van der Waals surface area (Å²) < 4.78 is 0. The Balaban J connectivity index is 2.95. The largest absolute Gasteiger partial charge is 0.290 e. The lowest BCUT2D eigenvalue weighted by Crippen LogP contribution is -1.95. The highest BCUT2D eigenvalue weighted by molar-refractivity contribution is 6.29. The van der Waals surface area contributed by atoms with E-state index in [0.29, 0.717) is 5.15 Å². The van der Waals surface area contributed by atoms with Crippen molar-refractivity contribution in [3.8, 4) is 0 Å². The van der Waals surface area contributed by atoms with Crippen LogP contribution < -0.4 is 0 Å². The van der Waals surface area contributed by atoms with E-state index in [4.69, 9.17) is 11.6 Å². The fraction of sp³-hybridized carbons (Fsp3) is 0.333. The Kier molecular flexibility index (Phi) is 3.23. The zero-order valence-corrected chi connectivity index (χ0v) is 7.97. The first-order chi connectivity index (χ1) is 5.74. The van der Waals surface area contributed by atoms with Gasteiger partial charge in [-0.1, -0.05) is 11.6 Å². The molecule has 0 radical (unpaired) electrons. The van der Waals surface area contributed by atoms with E-state index in [-0.39, 0.29) is 0 Å². The molecule has 0 spiro atoms. The lowest BCUT2D eigenvalue weighted by atomic mass is 10.2. The Labute approximate surface area is 77.3 Å². The van der Waals surface area contributed by atoms with Gasteiger partial charge >= 0.3 is 0 Å². The zero-order chi connectivity index (χ0) is 8.97. The molecule has 0 amide bonds. The molecular formula is C9H11ClN2. The highest BCUT2D eigenvalue weighted by Gasteiger charge is 1.96. The Morgan fingerprint density at radius 2 is 2.42 bits per heavy atom. The molecule has 0 aliphatic carbocycles. The van der Waals surface area contributed by atoms with Crippen LogP contribution in [0.2, 0.25) is 5.15 Å². The molecule has 1 aromatic rings. The second-order valence-corrected chi connectivity index (χ2v) is 2.81. The van der Waals surface area contributed by atoms with Gasteiger partial charge in [0, 0.05) is 18.5 Å². The molecule has 0 aromatic carbocycles. The third-order valence-electron chi connectivity index (χ3n) is 1.54. The number of aliphatic imine (C=N–C) groups is 1. The van der Waals surface area contributed by atoms with E-state index < -0.39 is 0 Å². The maximum atomic E-state index is 5.72. The van der Waals surface area contributed by atoms with Crippen LogP contribution in [0.25, 0.3) is 0 Å². The molecule has 0 atom stereocenters. The number of hydrogen-bond acceptors (Lipinski definition) is 2. The average Bonchev–Trinajstić information content (AvgIpc) is 2.05. The topological polar surface area (TPSA) is 25.2 Å². The molecule has 12 heavy (non-hydrogen) atoms. The molecule has 0 saturated carbocycles. The Hall–Kier alpha value is -0.890. The van der Waals surface area contributed by atoms with Crippen LogP contribution in [-0.2, 0) is 0 Å². The monoisotopic (exact) mass is 182 g/mol. The number of nitrogens with zero attached hydrogens (tertiary/aromatic N) is 2. The van der Waals surface area contributed by atoms with Crippen LogP contribution in [0.1, 0.15) is 19.4 Å². The molecule has 2 nitrogen and oxygen atoms in total. The van der Waals surface area contributed by atoms with Crippen LogP contribution in [0.4, 0.5) is 0 Å². The lowest BCUT2D eigenvalue weighted by molar-refractivity contribution is 1.12. The van der Waals surface area contributed by atoms with Crippen LogP contribution in [0.15, 0.2) is 23.3 Å². The summed E-state index contributed by atoms with van der Waals surface area (Å²) in [4.78, 5) is 8.16. The summed E-state index contributed by atoms with van der Waals surface area (Å²) in [7, 11) is 0. The quantitative estimate of drug-likeness (QED) is 0.510. The summed E-state index contributed by atoms with van der Waals surface area (Å²) in [6, 6.07) is 3.72. The van der Waals surface area contributed by atoms with Crippen LogP contribution in [0.5, 0.6) is 0 Å². The van der Waals surface area contributed by atoms with Gasteiger partial charge in [-0.05, 0) is 31.5 Å². The molecule has 0 N–H and O–H groups in total. The third-order valence-corrected chi connectivity index (χ3v) is 1.75. The first kappa shape index (κ1) is 9.20. The molecule has 1 aromatic heterocycles. The van der Waals surface area contributed by atoms with Crippen molar-refractivity contribution < 1.29 is 0 Å². The summed E-state index contributed by atoms with van der Waals surface area (Å²) in [6.45, 7) is 4.77. The van der Waals surface area contributed by atoms with Crippen LogP contribution in [0.3, 0.4) is 0 Å². The average molecular weight is 183 g/mol. The highest BCUT2D eigenvalue weighted by atomic mass is 35.5. The SMILES string of the molecule is CCN=C(C)c1ccnc(Cl)c1. The molecule has 0 aliphatic heterocycles. The normalized spacial score (nSPS) is 11.8. The first-order valence-corrected chi connectivity index (χ1v) is 4.25. The maximum Gasteiger partial charge on any atom is 0.129 e. The van der Waals surface area contributed by atoms with Crippen LogP contribution >= 0.6 is 11.6 Å². The number of halogens is 1. The van der Waals surface area contributed by atoms with Crippen molar-refractivity contribution in [2.75, 3.05) is 6.54 Å². The fourth-order valence-corrected chi connectivity index (χ4v) is 1.13. The lowest BCUT2D eigenvalue weighted by Gasteiger charge is -1.99. The van der Waals surface area contributed by atoms with Crippen molar-refractivity contribution in [2.45, 2.75) is 13.8 Å². The Bertz CT molecular complexity index is 294.